The molecule has 1 aromatic heterocycles. The first kappa shape index (κ1) is 10.6. The maximum atomic E-state index is 4.26. The fourth-order valence-corrected chi connectivity index (χ4v) is 2.38. The van der Waals surface area contributed by atoms with Crippen LogP contribution < -0.4 is 5.32 Å². The van der Waals surface area contributed by atoms with Gasteiger partial charge in [0, 0.05) is 6.54 Å². The molecule has 0 aromatic carbocycles. The van der Waals surface area contributed by atoms with E-state index in [0.717, 1.165) is 18.9 Å². The molecule has 1 fully saturated rings. The molecule has 0 aliphatic carbocycles. The van der Waals surface area contributed by atoms with Crippen molar-refractivity contribution in [1.82, 2.24) is 20.1 Å². The first-order valence-electron chi connectivity index (χ1n) is 5.76. The van der Waals surface area contributed by atoms with Crippen molar-refractivity contribution in [3.05, 3.63) is 12.2 Å². The zero-order valence-corrected chi connectivity index (χ0v) is 9.82. The van der Waals surface area contributed by atoms with Crippen molar-refractivity contribution in [2.45, 2.75) is 46.2 Å². The van der Waals surface area contributed by atoms with Gasteiger partial charge in [-0.3, -0.25) is 0 Å². The molecule has 0 bridgehead atoms. The van der Waals surface area contributed by atoms with Gasteiger partial charge in [0.25, 0.3) is 0 Å². The summed E-state index contributed by atoms with van der Waals surface area (Å²) in [5, 5.41) is 11.8. The Kier molecular flexibility index (Phi) is 2.78. The van der Waals surface area contributed by atoms with Crippen LogP contribution in [0.4, 0.5) is 0 Å². The average molecular weight is 208 g/mol. The molecular formula is C11H20N4. The van der Waals surface area contributed by atoms with Crippen molar-refractivity contribution in [2.24, 2.45) is 5.41 Å². The molecule has 1 atom stereocenters. The minimum Gasteiger partial charge on any atom is -0.317 e. The molecule has 1 aromatic rings. The summed E-state index contributed by atoms with van der Waals surface area (Å²) in [6, 6.07) is 0.341. The molecule has 2 rings (SSSR count). The van der Waals surface area contributed by atoms with Crippen LogP contribution in [-0.4, -0.2) is 21.3 Å². The predicted octanol–water partition coefficient (Wildman–Crippen LogP) is 1.75. The van der Waals surface area contributed by atoms with E-state index in [9.17, 15) is 0 Å². The lowest BCUT2D eigenvalue weighted by Crippen LogP contribution is -2.41. The van der Waals surface area contributed by atoms with Gasteiger partial charge >= 0.3 is 0 Å². The van der Waals surface area contributed by atoms with Gasteiger partial charge in [-0.15, -0.1) is 10.2 Å². The number of aromatic nitrogens is 3. The highest BCUT2D eigenvalue weighted by atomic mass is 15.3. The molecule has 0 spiro atoms. The number of rotatable bonds is 2. The van der Waals surface area contributed by atoms with Gasteiger partial charge in [0.2, 0.25) is 0 Å². The lowest BCUT2D eigenvalue weighted by Gasteiger charge is -2.38. The zero-order valence-electron chi connectivity index (χ0n) is 9.82. The summed E-state index contributed by atoms with van der Waals surface area (Å²) in [5.41, 5.74) is 0.276. The molecule has 0 saturated carbocycles. The largest absolute Gasteiger partial charge is 0.317 e. The molecule has 2 heterocycles. The van der Waals surface area contributed by atoms with Crippen LogP contribution in [0.15, 0.2) is 6.33 Å². The maximum absolute atomic E-state index is 4.26. The lowest BCUT2D eigenvalue weighted by molar-refractivity contribution is 0.170. The number of hydrogen-bond acceptors (Lipinski definition) is 3. The third kappa shape index (κ3) is 1.91. The van der Waals surface area contributed by atoms with Crippen LogP contribution in [0, 0.1) is 5.41 Å². The van der Waals surface area contributed by atoms with Crippen molar-refractivity contribution in [1.29, 1.82) is 0 Å². The van der Waals surface area contributed by atoms with Crippen LogP contribution in [0.3, 0.4) is 0 Å². The van der Waals surface area contributed by atoms with Crippen molar-refractivity contribution in [3.63, 3.8) is 0 Å². The van der Waals surface area contributed by atoms with Gasteiger partial charge in [0.05, 0.1) is 6.04 Å². The van der Waals surface area contributed by atoms with E-state index in [4.69, 9.17) is 0 Å². The molecule has 0 amide bonds. The van der Waals surface area contributed by atoms with Gasteiger partial charge in [-0.1, -0.05) is 13.8 Å². The molecule has 0 radical (unpaired) electrons. The van der Waals surface area contributed by atoms with Crippen LogP contribution >= 0.6 is 0 Å². The van der Waals surface area contributed by atoms with E-state index in [0.29, 0.717) is 6.04 Å². The molecule has 15 heavy (non-hydrogen) atoms. The summed E-state index contributed by atoms with van der Waals surface area (Å²) in [6.07, 6.45) is 4.33. The molecule has 1 aliphatic heterocycles. The van der Waals surface area contributed by atoms with Gasteiger partial charge in [-0.05, 0) is 31.7 Å². The summed E-state index contributed by atoms with van der Waals surface area (Å²) in [5.74, 6) is 1.09. The Bertz CT molecular complexity index is 329. The van der Waals surface area contributed by atoms with Gasteiger partial charge < -0.3 is 9.88 Å². The highest BCUT2D eigenvalue weighted by molar-refractivity contribution is 5.03. The van der Waals surface area contributed by atoms with E-state index >= 15 is 0 Å². The number of nitrogens with one attached hydrogen (secondary N) is 1. The summed E-state index contributed by atoms with van der Waals surface area (Å²) in [6.45, 7) is 8.76. The first-order valence-corrected chi connectivity index (χ1v) is 5.76. The zero-order chi connectivity index (χ0) is 10.9. The molecule has 84 valence electrons. The quantitative estimate of drug-likeness (QED) is 0.805. The molecule has 4 nitrogen and oxygen atoms in total. The Morgan fingerprint density at radius 3 is 3.07 bits per heavy atom. The van der Waals surface area contributed by atoms with Crippen LogP contribution in [0.25, 0.3) is 0 Å². The molecule has 1 saturated heterocycles. The van der Waals surface area contributed by atoms with Crippen LogP contribution in [0.2, 0.25) is 0 Å². The normalized spacial score (nSPS) is 25.4. The minimum atomic E-state index is 0.276. The summed E-state index contributed by atoms with van der Waals surface area (Å²) < 4.78 is 2.13. The second kappa shape index (κ2) is 3.93. The molecule has 4 heteroatoms. The van der Waals surface area contributed by atoms with Crippen LogP contribution in [-0.2, 0) is 6.54 Å². The summed E-state index contributed by atoms with van der Waals surface area (Å²) >= 11 is 0. The third-order valence-electron chi connectivity index (χ3n) is 3.37. The van der Waals surface area contributed by atoms with Gasteiger partial charge in [-0.25, -0.2) is 0 Å². The van der Waals surface area contributed by atoms with E-state index in [1.807, 2.05) is 6.33 Å². The average Bonchev–Trinajstić information content (AvgIpc) is 2.64. The third-order valence-corrected chi connectivity index (χ3v) is 3.37. The van der Waals surface area contributed by atoms with E-state index in [1.165, 1.54) is 12.8 Å². The van der Waals surface area contributed by atoms with Crippen molar-refractivity contribution in [2.75, 3.05) is 6.54 Å². The Labute approximate surface area is 91.1 Å². The van der Waals surface area contributed by atoms with E-state index in [2.05, 4.69) is 40.9 Å². The molecular weight excluding hydrogens is 188 g/mol. The maximum Gasteiger partial charge on any atom is 0.150 e. The SMILES string of the molecule is CCn1cnnc1C1NCCCC1(C)C. The second-order valence-corrected chi connectivity index (χ2v) is 4.95. The summed E-state index contributed by atoms with van der Waals surface area (Å²) in [4.78, 5) is 0. The van der Waals surface area contributed by atoms with Crippen LogP contribution in [0.5, 0.6) is 0 Å². The Hall–Kier alpha value is -0.900. The van der Waals surface area contributed by atoms with Gasteiger partial charge in [0.15, 0.2) is 5.82 Å². The highest BCUT2D eigenvalue weighted by Crippen LogP contribution is 2.38. The minimum absolute atomic E-state index is 0.276. The molecule has 1 N–H and O–H groups in total. The number of hydrogen-bond donors (Lipinski definition) is 1. The monoisotopic (exact) mass is 208 g/mol. The lowest BCUT2D eigenvalue weighted by atomic mass is 9.77. The van der Waals surface area contributed by atoms with Gasteiger partial charge in [0.1, 0.15) is 6.33 Å². The second-order valence-electron chi connectivity index (χ2n) is 4.95. The van der Waals surface area contributed by atoms with E-state index in [1.54, 1.807) is 0 Å². The van der Waals surface area contributed by atoms with Crippen molar-refractivity contribution < 1.29 is 0 Å². The van der Waals surface area contributed by atoms with Crippen LogP contribution in [0.1, 0.15) is 45.5 Å². The summed E-state index contributed by atoms with van der Waals surface area (Å²) in [7, 11) is 0. The number of nitrogens with zero attached hydrogens (tertiary/aromatic N) is 3. The first-order chi connectivity index (χ1) is 7.15. The number of piperidine rings is 1. The molecule has 1 unspecified atom stereocenters. The Morgan fingerprint density at radius 1 is 1.60 bits per heavy atom. The van der Waals surface area contributed by atoms with Crippen molar-refractivity contribution in [3.8, 4) is 0 Å². The Balaban J connectivity index is 2.28. The fraction of sp³-hybridized carbons (Fsp3) is 0.818. The highest BCUT2D eigenvalue weighted by Gasteiger charge is 2.35. The fourth-order valence-electron chi connectivity index (χ4n) is 2.38. The number of aryl methyl sites for hydroxylation is 1. The Morgan fingerprint density at radius 2 is 2.40 bits per heavy atom. The predicted molar refractivity (Wildman–Crippen MR) is 59.5 cm³/mol. The van der Waals surface area contributed by atoms with E-state index < -0.39 is 0 Å². The molecule has 1 aliphatic rings. The van der Waals surface area contributed by atoms with Crippen molar-refractivity contribution >= 4 is 0 Å². The smallest absolute Gasteiger partial charge is 0.150 e. The van der Waals surface area contributed by atoms with E-state index in [-0.39, 0.29) is 5.41 Å². The van der Waals surface area contributed by atoms with Gasteiger partial charge in [-0.2, -0.15) is 0 Å². The standard InChI is InChI=1S/C11H20N4/c1-4-15-8-13-14-10(15)9-11(2,3)6-5-7-12-9/h8-9,12H,4-7H2,1-3H3. The topological polar surface area (TPSA) is 42.7 Å².